The van der Waals surface area contributed by atoms with E-state index in [-0.39, 0.29) is 0 Å². The van der Waals surface area contributed by atoms with E-state index in [0.29, 0.717) is 0 Å². The molecule has 0 bridgehead atoms. The highest BCUT2D eigenvalue weighted by Gasteiger charge is 2.14. The summed E-state index contributed by atoms with van der Waals surface area (Å²) < 4.78 is 0. The summed E-state index contributed by atoms with van der Waals surface area (Å²) in [5.41, 5.74) is 1.40. The van der Waals surface area contributed by atoms with Crippen molar-refractivity contribution < 1.29 is 0 Å². The number of benzene rings is 1. The van der Waals surface area contributed by atoms with Gasteiger partial charge in [-0.1, -0.05) is 23.7 Å². The molecule has 1 atom stereocenters. The molecule has 1 aromatic rings. The van der Waals surface area contributed by atoms with Crippen molar-refractivity contribution >= 4 is 11.6 Å². The van der Waals surface area contributed by atoms with Crippen LogP contribution in [0.3, 0.4) is 0 Å². The van der Waals surface area contributed by atoms with Gasteiger partial charge in [-0.25, -0.2) is 0 Å². The summed E-state index contributed by atoms with van der Waals surface area (Å²) >= 11 is 5.82. The Labute approximate surface area is 84.1 Å². The van der Waals surface area contributed by atoms with Crippen molar-refractivity contribution in [3.63, 3.8) is 0 Å². The Kier molecular flexibility index (Phi) is 2.87. The highest BCUT2D eigenvalue weighted by atomic mass is 35.5. The monoisotopic (exact) mass is 195 g/mol. The van der Waals surface area contributed by atoms with Crippen molar-refractivity contribution in [3.8, 4) is 0 Å². The van der Waals surface area contributed by atoms with Gasteiger partial charge in [0.1, 0.15) is 0 Å². The van der Waals surface area contributed by atoms with Gasteiger partial charge in [-0.15, -0.1) is 0 Å². The summed E-state index contributed by atoms with van der Waals surface area (Å²) in [6.07, 6.45) is 2.49. The Bertz CT molecular complexity index is 262. The van der Waals surface area contributed by atoms with Crippen LogP contribution in [0.15, 0.2) is 24.3 Å². The van der Waals surface area contributed by atoms with Crippen LogP contribution in [0.1, 0.15) is 12.0 Å². The molecular weight excluding hydrogens is 182 g/mol. The maximum Gasteiger partial charge on any atom is 0.0406 e. The predicted octanol–water partition coefficient (Wildman–Crippen LogP) is 2.49. The van der Waals surface area contributed by atoms with Gasteiger partial charge in [-0.2, -0.15) is 0 Å². The molecular formula is C11H14ClN. The Hall–Kier alpha value is -0.530. The van der Waals surface area contributed by atoms with E-state index in [1.807, 2.05) is 12.1 Å². The van der Waals surface area contributed by atoms with Crippen molar-refractivity contribution in [2.45, 2.75) is 12.8 Å². The Morgan fingerprint density at radius 3 is 2.69 bits per heavy atom. The van der Waals surface area contributed by atoms with Crippen molar-refractivity contribution in [2.24, 2.45) is 5.92 Å². The third kappa shape index (κ3) is 2.45. The molecule has 0 saturated carbocycles. The lowest BCUT2D eigenvalue weighted by molar-refractivity contribution is 0.580. The molecule has 0 radical (unpaired) electrons. The molecule has 70 valence electrons. The SMILES string of the molecule is Clc1ccc(CC2CCNC2)cc1. The van der Waals surface area contributed by atoms with Crippen LogP contribution in [0.5, 0.6) is 0 Å². The van der Waals surface area contributed by atoms with Crippen molar-refractivity contribution in [1.82, 2.24) is 5.32 Å². The molecule has 1 N–H and O–H groups in total. The molecule has 0 aliphatic carbocycles. The van der Waals surface area contributed by atoms with Crippen LogP contribution < -0.4 is 5.32 Å². The Balaban J connectivity index is 1.97. The molecule has 1 aliphatic heterocycles. The van der Waals surface area contributed by atoms with Crippen molar-refractivity contribution in [2.75, 3.05) is 13.1 Å². The molecule has 13 heavy (non-hydrogen) atoms. The maximum atomic E-state index is 5.82. The third-order valence-electron chi connectivity index (χ3n) is 2.60. The van der Waals surface area contributed by atoms with Gasteiger partial charge in [0.2, 0.25) is 0 Å². The molecule has 1 nitrogen and oxygen atoms in total. The van der Waals surface area contributed by atoms with E-state index in [2.05, 4.69) is 17.4 Å². The minimum Gasteiger partial charge on any atom is -0.316 e. The standard InChI is InChI=1S/C11H14ClN/c12-11-3-1-9(2-4-11)7-10-5-6-13-8-10/h1-4,10,13H,5-8H2. The van der Waals surface area contributed by atoms with Crippen LogP contribution in [0.2, 0.25) is 5.02 Å². The summed E-state index contributed by atoms with van der Waals surface area (Å²) in [6, 6.07) is 8.19. The minimum atomic E-state index is 0.821. The Morgan fingerprint density at radius 2 is 2.08 bits per heavy atom. The van der Waals surface area contributed by atoms with E-state index in [1.165, 1.54) is 31.5 Å². The normalized spacial score (nSPS) is 22.1. The quantitative estimate of drug-likeness (QED) is 0.765. The van der Waals surface area contributed by atoms with Crippen LogP contribution >= 0.6 is 11.6 Å². The van der Waals surface area contributed by atoms with Gasteiger partial charge in [0.05, 0.1) is 0 Å². The number of rotatable bonds is 2. The van der Waals surface area contributed by atoms with Crippen LogP contribution in [0.25, 0.3) is 0 Å². The van der Waals surface area contributed by atoms with Crippen molar-refractivity contribution in [3.05, 3.63) is 34.9 Å². The van der Waals surface area contributed by atoms with E-state index >= 15 is 0 Å². The van der Waals surface area contributed by atoms with Gasteiger partial charge in [-0.3, -0.25) is 0 Å². The maximum absolute atomic E-state index is 5.82. The fourth-order valence-electron chi connectivity index (χ4n) is 1.84. The molecule has 1 saturated heterocycles. The fraction of sp³-hybridized carbons (Fsp3) is 0.455. The van der Waals surface area contributed by atoms with Crippen LogP contribution in [-0.4, -0.2) is 13.1 Å². The first-order valence-electron chi connectivity index (χ1n) is 4.80. The van der Waals surface area contributed by atoms with E-state index in [0.717, 1.165) is 10.9 Å². The molecule has 1 unspecified atom stereocenters. The molecule has 1 heterocycles. The summed E-state index contributed by atoms with van der Waals surface area (Å²) in [7, 11) is 0. The first kappa shape index (κ1) is 9.04. The molecule has 1 aliphatic rings. The lowest BCUT2D eigenvalue weighted by atomic mass is 9.99. The van der Waals surface area contributed by atoms with Crippen LogP contribution in [-0.2, 0) is 6.42 Å². The molecule has 0 aromatic heterocycles. The van der Waals surface area contributed by atoms with Gasteiger partial charge >= 0.3 is 0 Å². The molecule has 1 fully saturated rings. The average Bonchev–Trinajstić information content (AvgIpc) is 2.62. The lowest BCUT2D eigenvalue weighted by Crippen LogP contribution is -2.10. The average molecular weight is 196 g/mol. The third-order valence-corrected chi connectivity index (χ3v) is 2.85. The molecule has 2 heteroatoms. The molecule has 1 aromatic carbocycles. The summed E-state index contributed by atoms with van der Waals surface area (Å²) in [4.78, 5) is 0. The highest BCUT2D eigenvalue weighted by Crippen LogP contribution is 2.16. The van der Waals surface area contributed by atoms with Gasteiger partial charge < -0.3 is 5.32 Å². The van der Waals surface area contributed by atoms with Gasteiger partial charge in [0.25, 0.3) is 0 Å². The molecule has 0 amide bonds. The predicted molar refractivity (Wildman–Crippen MR) is 56.1 cm³/mol. The number of hydrogen-bond donors (Lipinski definition) is 1. The summed E-state index contributed by atoms with van der Waals surface area (Å²) in [6.45, 7) is 2.35. The molecule has 0 spiro atoms. The van der Waals surface area contributed by atoms with E-state index in [1.54, 1.807) is 0 Å². The first-order valence-corrected chi connectivity index (χ1v) is 5.17. The second kappa shape index (κ2) is 4.12. The smallest absolute Gasteiger partial charge is 0.0406 e. The van der Waals surface area contributed by atoms with Gasteiger partial charge in [0.15, 0.2) is 0 Å². The highest BCUT2D eigenvalue weighted by molar-refractivity contribution is 6.30. The van der Waals surface area contributed by atoms with E-state index in [9.17, 15) is 0 Å². The fourth-order valence-corrected chi connectivity index (χ4v) is 1.97. The summed E-state index contributed by atoms with van der Waals surface area (Å²) in [5.74, 6) is 0.821. The number of halogens is 1. The van der Waals surface area contributed by atoms with E-state index in [4.69, 9.17) is 11.6 Å². The summed E-state index contributed by atoms with van der Waals surface area (Å²) in [5, 5.41) is 4.21. The molecule has 2 rings (SSSR count). The zero-order valence-corrected chi connectivity index (χ0v) is 8.35. The zero-order chi connectivity index (χ0) is 9.10. The van der Waals surface area contributed by atoms with Crippen LogP contribution in [0.4, 0.5) is 0 Å². The van der Waals surface area contributed by atoms with Crippen molar-refractivity contribution in [1.29, 1.82) is 0 Å². The topological polar surface area (TPSA) is 12.0 Å². The second-order valence-electron chi connectivity index (χ2n) is 3.69. The second-order valence-corrected chi connectivity index (χ2v) is 4.13. The largest absolute Gasteiger partial charge is 0.316 e. The van der Waals surface area contributed by atoms with Crippen LogP contribution in [0, 0.1) is 5.92 Å². The number of nitrogens with one attached hydrogen (secondary N) is 1. The minimum absolute atomic E-state index is 0.821. The zero-order valence-electron chi connectivity index (χ0n) is 7.59. The van der Waals surface area contributed by atoms with E-state index < -0.39 is 0 Å². The lowest BCUT2D eigenvalue weighted by Gasteiger charge is -2.07. The number of hydrogen-bond acceptors (Lipinski definition) is 1. The first-order chi connectivity index (χ1) is 6.34. The Morgan fingerprint density at radius 1 is 1.31 bits per heavy atom. The van der Waals surface area contributed by atoms with Gasteiger partial charge in [-0.05, 0) is 49.5 Å². The van der Waals surface area contributed by atoms with Gasteiger partial charge in [0, 0.05) is 5.02 Å².